The van der Waals surface area contributed by atoms with Crippen LogP contribution in [0.3, 0.4) is 0 Å². The number of halogens is 1. The fraction of sp³-hybridized carbons (Fsp3) is 0.0417. The number of ether oxygens (including phenoxy) is 1. The second-order valence-corrected chi connectivity index (χ2v) is 7.39. The molecule has 1 amide bonds. The van der Waals surface area contributed by atoms with Crippen LogP contribution in [0.15, 0.2) is 77.6 Å². The molecule has 0 atom stereocenters. The molecule has 4 aromatic rings. The average Bonchev–Trinajstić information content (AvgIpc) is 2.84. The van der Waals surface area contributed by atoms with Gasteiger partial charge in [-0.1, -0.05) is 60.1 Å². The predicted octanol–water partition coefficient (Wildman–Crippen LogP) is 3.60. The first-order valence-electron chi connectivity index (χ1n) is 9.78. The molecule has 9 heteroatoms. The lowest BCUT2D eigenvalue weighted by Gasteiger charge is -2.12. The second-order valence-electron chi connectivity index (χ2n) is 6.96. The maximum atomic E-state index is 12.9. The minimum Gasteiger partial charge on any atom is -0.451 e. The fourth-order valence-corrected chi connectivity index (χ4v) is 3.39. The molecule has 0 aliphatic rings. The molecule has 0 saturated heterocycles. The van der Waals surface area contributed by atoms with Crippen LogP contribution in [-0.4, -0.2) is 34.5 Å². The van der Waals surface area contributed by atoms with Gasteiger partial charge >= 0.3 is 5.97 Å². The number of anilines is 1. The molecule has 1 aromatic heterocycles. The Labute approximate surface area is 192 Å². The quantitative estimate of drug-likeness (QED) is 0.334. The minimum atomic E-state index is -0.880. The lowest BCUT2D eigenvalue weighted by atomic mass is 10.0. The van der Waals surface area contributed by atoms with Gasteiger partial charge in [-0.15, -0.1) is 0 Å². The van der Waals surface area contributed by atoms with Crippen molar-refractivity contribution in [3.8, 4) is 0 Å². The largest absolute Gasteiger partial charge is 0.451 e. The van der Waals surface area contributed by atoms with E-state index in [9.17, 15) is 19.2 Å². The van der Waals surface area contributed by atoms with Gasteiger partial charge in [0.15, 0.2) is 18.1 Å². The van der Waals surface area contributed by atoms with Gasteiger partial charge < -0.3 is 10.1 Å². The summed E-state index contributed by atoms with van der Waals surface area (Å²) < 4.78 is 5.07. The SMILES string of the molecule is O=C(COC(=O)c1n[nH]c(=O)c2ccccc12)Nc1ccc(Cl)cc1C(=O)c1ccccc1. The summed E-state index contributed by atoms with van der Waals surface area (Å²) in [6.07, 6.45) is 0. The van der Waals surface area contributed by atoms with Gasteiger partial charge in [-0.2, -0.15) is 5.10 Å². The number of H-pyrrole nitrogens is 1. The predicted molar refractivity (Wildman–Crippen MR) is 123 cm³/mol. The number of amides is 1. The molecule has 8 nitrogen and oxygen atoms in total. The monoisotopic (exact) mass is 461 g/mol. The number of benzene rings is 3. The normalized spacial score (nSPS) is 10.6. The number of hydrogen-bond acceptors (Lipinski definition) is 6. The number of aromatic nitrogens is 2. The second kappa shape index (κ2) is 9.46. The molecule has 33 heavy (non-hydrogen) atoms. The number of aromatic amines is 1. The standard InChI is InChI=1S/C24H16ClN3O5/c25-15-10-11-19(18(12-15)22(30)14-6-2-1-3-7-14)26-20(29)13-33-24(32)21-16-8-4-5-9-17(16)23(31)28-27-21/h1-12H,13H2,(H,26,29)(H,28,31). The van der Waals surface area contributed by atoms with Crippen molar-refractivity contribution >= 4 is 45.7 Å². The zero-order valence-corrected chi connectivity index (χ0v) is 17.8. The number of carbonyl (C=O) groups is 3. The average molecular weight is 462 g/mol. The Kier molecular flexibility index (Phi) is 6.28. The number of esters is 1. The van der Waals surface area contributed by atoms with E-state index in [4.69, 9.17) is 16.3 Å². The van der Waals surface area contributed by atoms with E-state index in [2.05, 4.69) is 15.5 Å². The van der Waals surface area contributed by atoms with Gasteiger partial charge in [0.05, 0.1) is 11.1 Å². The molecule has 0 aliphatic carbocycles. The van der Waals surface area contributed by atoms with Gasteiger partial charge in [-0.25, -0.2) is 9.89 Å². The van der Waals surface area contributed by atoms with Crippen molar-refractivity contribution in [3.05, 3.63) is 105 Å². The summed E-state index contributed by atoms with van der Waals surface area (Å²) in [5, 5.41) is 9.46. The molecule has 164 valence electrons. The molecule has 3 aromatic carbocycles. The highest BCUT2D eigenvalue weighted by Gasteiger charge is 2.19. The molecule has 0 fully saturated rings. The zero-order valence-electron chi connectivity index (χ0n) is 17.0. The molecule has 0 bridgehead atoms. The Morgan fingerprint density at radius 1 is 0.939 bits per heavy atom. The molecule has 0 unspecified atom stereocenters. The van der Waals surface area contributed by atoms with Crippen molar-refractivity contribution in [1.29, 1.82) is 0 Å². The third-order valence-corrected chi connectivity index (χ3v) is 5.00. The highest BCUT2D eigenvalue weighted by Crippen LogP contribution is 2.24. The molecule has 1 heterocycles. The molecule has 0 aliphatic heterocycles. The topological polar surface area (TPSA) is 118 Å². The van der Waals surface area contributed by atoms with E-state index >= 15 is 0 Å². The Morgan fingerprint density at radius 2 is 1.64 bits per heavy atom. The number of nitrogens with zero attached hydrogens (tertiary/aromatic N) is 1. The van der Waals surface area contributed by atoms with Crippen molar-refractivity contribution in [2.45, 2.75) is 0 Å². The van der Waals surface area contributed by atoms with E-state index in [1.807, 2.05) is 0 Å². The molecule has 2 N–H and O–H groups in total. The number of ketones is 1. The number of carbonyl (C=O) groups excluding carboxylic acids is 3. The third kappa shape index (κ3) is 4.81. The van der Waals surface area contributed by atoms with Crippen LogP contribution in [0.25, 0.3) is 10.8 Å². The Bertz CT molecular complexity index is 1430. The molecular weight excluding hydrogens is 446 g/mol. The lowest BCUT2D eigenvalue weighted by molar-refractivity contribution is -0.119. The maximum Gasteiger partial charge on any atom is 0.359 e. The Balaban J connectivity index is 1.49. The Hall–Kier alpha value is -4.30. The van der Waals surface area contributed by atoms with Crippen molar-refractivity contribution in [2.24, 2.45) is 0 Å². The van der Waals surface area contributed by atoms with Crippen LogP contribution in [0.5, 0.6) is 0 Å². The van der Waals surface area contributed by atoms with Crippen molar-refractivity contribution < 1.29 is 19.1 Å². The number of rotatable bonds is 6. The van der Waals surface area contributed by atoms with Crippen LogP contribution < -0.4 is 10.9 Å². The number of nitrogens with one attached hydrogen (secondary N) is 2. The van der Waals surface area contributed by atoms with E-state index in [-0.39, 0.29) is 28.1 Å². The molecule has 0 spiro atoms. The van der Waals surface area contributed by atoms with Crippen LogP contribution in [0, 0.1) is 0 Å². The van der Waals surface area contributed by atoms with Crippen molar-refractivity contribution in [1.82, 2.24) is 10.2 Å². The molecular formula is C24H16ClN3O5. The van der Waals surface area contributed by atoms with E-state index in [0.717, 1.165) is 0 Å². The first-order chi connectivity index (χ1) is 15.9. The molecule has 0 saturated carbocycles. The van der Waals surface area contributed by atoms with Crippen molar-refractivity contribution in [2.75, 3.05) is 11.9 Å². The highest BCUT2D eigenvalue weighted by atomic mass is 35.5. The summed E-state index contributed by atoms with van der Waals surface area (Å²) in [5.74, 6) is -1.87. The van der Waals surface area contributed by atoms with Gasteiger partial charge in [0, 0.05) is 21.5 Å². The summed E-state index contributed by atoms with van der Waals surface area (Å²) in [6.45, 7) is -0.629. The van der Waals surface area contributed by atoms with E-state index < -0.39 is 24.0 Å². The smallest absolute Gasteiger partial charge is 0.359 e. The Morgan fingerprint density at radius 3 is 2.39 bits per heavy atom. The van der Waals surface area contributed by atoms with Gasteiger partial charge in [0.1, 0.15) is 0 Å². The van der Waals surface area contributed by atoms with Gasteiger partial charge in [0.2, 0.25) is 0 Å². The van der Waals surface area contributed by atoms with Crippen LogP contribution in [0.4, 0.5) is 5.69 Å². The van der Waals surface area contributed by atoms with Crippen LogP contribution in [0.1, 0.15) is 26.4 Å². The highest BCUT2D eigenvalue weighted by molar-refractivity contribution is 6.31. The first-order valence-corrected chi connectivity index (χ1v) is 10.2. The minimum absolute atomic E-state index is 0.121. The van der Waals surface area contributed by atoms with E-state index in [0.29, 0.717) is 16.0 Å². The summed E-state index contributed by atoms with van der Waals surface area (Å²) in [7, 11) is 0. The van der Waals surface area contributed by atoms with Crippen molar-refractivity contribution in [3.63, 3.8) is 0 Å². The van der Waals surface area contributed by atoms with Crippen LogP contribution in [0.2, 0.25) is 5.02 Å². The molecule has 4 rings (SSSR count). The summed E-state index contributed by atoms with van der Waals surface area (Å²) >= 11 is 6.05. The summed E-state index contributed by atoms with van der Waals surface area (Å²) in [4.78, 5) is 49.7. The van der Waals surface area contributed by atoms with Crippen LogP contribution >= 0.6 is 11.6 Å². The lowest BCUT2D eigenvalue weighted by Crippen LogP contribution is -2.23. The van der Waals surface area contributed by atoms with E-state index in [1.54, 1.807) is 54.6 Å². The summed E-state index contributed by atoms with van der Waals surface area (Å²) in [6, 6.07) is 19.4. The van der Waals surface area contributed by atoms with Gasteiger partial charge in [-0.05, 0) is 24.3 Å². The number of fused-ring (bicyclic) bond motifs is 1. The third-order valence-electron chi connectivity index (χ3n) is 4.76. The zero-order chi connectivity index (χ0) is 23.4. The fourth-order valence-electron chi connectivity index (χ4n) is 3.21. The first kappa shape index (κ1) is 21.9. The van der Waals surface area contributed by atoms with Gasteiger partial charge in [-0.3, -0.25) is 14.4 Å². The number of hydrogen-bond donors (Lipinski definition) is 2. The maximum absolute atomic E-state index is 12.9. The van der Waals surface area contributed by atoms with Crippen LogP contribution in [-0.2, 0) is 9.53 Å². The molecule has 0 radical (unpaired) electrons. The van der Waals surface area contributed by atoms with Gasteiger partial charge in [0.25, 0.3) is 11.5 Å². The van der Waals surface area contributed by atoms with E-state index in [1.165, 1.54) is 18.2 Å². The summed E-state index contributed by atoms with van der Waals surface area (Å²) in [5.41, 5.74) is 0.281.